The number of pyridine rings is 1. The van der Waals surface area contributed by atoms with Gasteiger partial charge in [-0.15, -0.1) is 0 Å². The lowest BCUT2D eigenvalue weighted by Gasteiger charge is -2.23. The maximum absolute atomic E-state index is 4.41. The third-order valence-electron chi connectivity index (χ3n) is 3.80. The van der Waals surface area contributed by atoms with Crippen LogP contribution in [-0.4, -0.2) is 11.0 Å². The van der Waals surface area contributed by atoms with Crippen LogP contribution in [0.5, 0.6) is 0 Å². The van der Waals surface area contributed by atoms with Crippen LogP contribution in [-0.2, 0) is 0 Å². The van der Waals surface area contributed by atoms with Crippen molar-refractivity contribution in [3.8, 4) is 0 Å². The zero-order valence-electron chi connectivity index (χ0n) is 8.62. The Hall–Kier alpha value is -0.320. The minimum atomic E-state index is 0.691. The largest absolute Gasteiger partial charge is 0.367 e. The van der Waals surface area contributed by atoms with E-state index < -0.39 is 0 Å². The second-order valence-electron chi connectivity index (χ2n) is 4.79. The summed E-state index contributed by atoms with van der Waals surface area (Å²) in [6, 6.07) is 4.90. The highest BCUT2D eigenvalue weighted by Crippen LogP contribution is 2.45. The van der Waals surface area contributed by atoms with Crippen molar-refractivity contribution in [2.24, 2.45) is 11.8 Å². The van der Waals surface area contributed by atoms with Crippen molar-refractivity contribution >= 4 is 28.4 Å². The summed E-state index contributed by atoms with van der Waals surface area (Å²) in [6.45, 7) is 0. The van der Waals surface area contributed by atoms with Crippen molar-refractivity contribution in [2.45, 2.75) is 31.7 Å². The number of halogens is 1. The van der Waals surface area contributed by atoms with Gasteiger partial charge < -0.3 is 5.32 Å². The van der Waals surface area contributed by atoms with Crippen LogP contribution in [0.1, 0.15) is 25.7 Å². The van der Waals surface area contributed by atoms with E-state index in [9.17, 15) is 0 Å². The molecule has 0 aliphatic heterocycles. The molecule has 0 aromatic carbocycles. The zero-order chi connectivity index (χ0) is 10.3. The van der Waals surface area contributed by atoms with Crippen LogP contribution in [0.15, 0.2) is 18.3 Å². The molecular weight excluding hydrogens is 299 g/mol. The molecular formula is C12H15IN2. The normalized spacial score (nSPS) is 33.3. The molecule has 2 aliphatic carbocycles. The molecule has 1 heterocycles. The van der Waals surface area contributed by atoms with Gasteiger partial charge in [-0.25, -0.2) is 4.98 Å². The highest BCUT2D eigenvalue weighted by molar-refractivity contribution is 14.1. The fourth-order valence-electron chi connectivity index (χ4n) is 3.07. The van der Waals surface area contributed by atoms with Gasteiger partial charge in [-0.2, -0.15) is 0 Å². The van der Waals surface area contributed by atoms with Gasteiger partial charge in [0.2, 0.25) is 0 Å². The first-order valence-corrected chi connectivity index (χ1v) is 6.77. The number of anilines is 1. The summed E-state index contributed by atoms with van der Waals surface area (Å²) in [5.74, 6) is 2.96. The first-order chi connectivity index (χ1) is 7.31. The molecule has 3 atom stereocenters. The Morgan fingerprint density at radius 1 is 1.27 bits per heavy atom. The Bertz CT molecular complexity index is 349. The molecule has 80 valence electrons. The van der Waals surface area contributed by atoms with Gasteiger partial charge in [0.05, 0.1) is 0 Å². The predicted molar refractivity (Wildman–Crippen MR) is 69.8 cm³/mol. The lowest BCUT2D eigenvalue weighted by Crippen LogP contribution is -2.26. The number of rotatable bonds is 2. The van der Waals surface area contributed by atoms with E-state index in [1.807, 2.05) is 6.20 Å². The number of aromatic nitrogens is 1. The summed E-state index contributed by atoms with van der Waals surface area (Å²) in [7, 11) is 0. The van der Waals surface area contributed by atoms with Gasteiger partial charge in [0.15, 0.2) is 0 Å². The molecule has 1 aromatic rings. The fourth-order valence-corrected chi connectivity index (χ4v) is 3.39. The summed E-state index contributed by atoms with van der Waals surface area (Å²) >= 11 is 2.29. The standard InChI is InChI=1S/C12H15IN2/c13-10-3-4-12(14-7-10)15-11-6-8-1-2-9(11)5-8/h3-4,7-9,11H,1-2,5-6H2,(H,14,15). The van der Waals surface area contributed by atoms with Crippen molar-refractivity contribution in [3.63, 3.8) is 0 Å². The maximum Gasteiger partial charge on any atom is 0.126 e. The van der Waals surface area contributed by atoms with Crippen LogP contribution in [0.2, 0.25) is 0 Å². The highest BCUT2D eigenvalue weighted by atomic mass is 127. The predicted octanol–water partition coefficient (Wildman–Crippen LogP) is 3.29. The molecule has 2 nitrogen and oxygen atoms in total. The van der Waals surface area contributed by atoms with Crippen LogP contribution in [0, 0.1) is 15.4 Å². The Morgan fingerprint density at radius 2 is 2.20 bits per heavy atom. The third kappa shape index (κ3) is 1.98. The van der Waals surface area contributed by atoms with Gasteiger partial charge in [0, 0.05) is 15.8 Å². The van der Waals surface area contributed by atoms with Crippen LogP contribution in [0.25, 0.3) is 0 Å². The van der Waals surface area contributed by atoms with Gasteiger partial charge in [-0.1, -0.05) is 6.42 Å². The number of nitrogens with zero attached hydrogens (tertiary/aromatic N) is 1. The van der Waals surface area contributed by atoms with E-state index in [0.29, 0.717) is 6.04 Å². The van der Waals surface area contributed by atoms with E-state index in [1.54, 1.807) is 0 Å². The second-order valence-corrected chi connectivity index (χ2v) is 6.03. The summed E-state index contributed by atoms with van der Waals surface area (Å²) < 4.78 is 1.20. The Labute approximate surface area is 104 Å². The lowest BCUT2D eigenvalue weighted by molar-refractivity contribution is 0.439. The van der Waals surface area contributed by atoms with Crippen molar-refractivity contribution in [1.29, 1.82) is 0 Å². The molecule has 1 aromatic heterocycles. The van der Waals surface area contributed by atoms with Crippen molar-refractivity contribution < 1.29 is 0 Å². The van der Waals surface area contributed by atoms with E-state index in [4.69, 9.17) is 0 Å². The first kappa shape index (κ1) is 9.87. The molecule has 0 amide bonds. The summed E-state index contributed by atoms with van der Waals surface area (Å²) in [4.78, 5) is 4.41. The van der Waals surface area contributed by atoms with Gasteiger partial charge in [-0.05, 0) is 65.8 Å². The Kier molecular flexibility index (Phi) is 2.58. The van der Waals surface area contributed by atoms with Crippen LogP contribution in [0.3, 0.4) is 0 Å². The first-order valence-electron chi connectivity index (χ1n) is 5.69. The molecule has 0 saturated heterocycles. The third-order valence-corrected chi connectivity index (χ3v) is 4.44. The number of hydrogen-bond donors (Lipinski definition) is 1. The number of hydrogen-bond acceptors (Lipinski definition) is 2. The molecule has 15 heavy (non-hydrogen) atoms. The monoisotopic (exact) mass is 314 g/mol. The number of nitrogens with one attached hydrogen (secondary N) is 1. The van der Waals surface area contributed by atoms with E-state index >= 15 is 0 Å². The highest BCUT2D eigenvalue weighted by Gasteiger charge is 2.39. The minimum absolute atomic E-state index is 0.691. The minimum Gasteiger partial charge on any atom is -0.367 e. The van der Waals surface area contributed by atoms with Crippen molar-refractivity contribution in [2.75, 3.05) is 5.32 Å². The molecule has 2 fully saturated rings. The number of fused-ring (bicyclic) bond motifs is 2. The van der Waals surface area contributed by atoms with Gasteiger partial charge in [-0.3, -0.25) is 0 Å². The van der Waals surface area contributed by atoms with Gasteiger partial charge in [0.25, 0.3) is 0 Å². The Morgan fingerprint density at radius 3 is 2.80 bits per heavy atom. The molecule has 3 rings (SSSR count). The smallest absolute Gasteiger partial charge is 0.126 e. The summed E-state index contributed by atoms with van der Waals surface area (Å²) in [5.41, 5.74) is 0. The lowest BCUT2D eigenvalue weighted by atomic mass is 9.95. The van der Waals surface area contributed by atoms with Gasteiger partial charge in [0.1, 0.15) is 5.82 Å². The summed E-state index contributed by atoms with van der Waals surface area (Å²) in [5, 5.41) is 3.59. The molecule has 2 saturated carbocycles. The van der Waals surface area contributed by atoms with Crippen LogP contribution < -0.4 is 5.32 Å². The molecule has 1 N–H and O–H groups in total. The molecule has 3 heteroatoms. The zero-order valence-corrected chi connectivity index (χ0v) is 10.8. The van der Waals surface area contributed by atoms with E-state index in [0.717, 1.165) is 17.7 Å². The SMILES string of the molecule is Ic1ccc(NC2CC3CCC2C3)nc1. The van der Waals surface area contributed by atoms with Crippen molar-refractivity contribution in [3.05, 3.63) is 21.9 Å². The van der Waals surface area contributed by atoms with E-state index in [2.05, 4.69) is 45.0 Å². The van der Waals surface area contributed by atoms with Crippen LogP contribution >= 0.6 is 22.6 Å². The summed E-state index contributed by atoms with van der Waals surface area (Å²) in [6.07, 6.45) is 7.62. The van der Waals surface area contributed by atoms with Gasteiger partial charge >= 0.3 is 0 Å². The van der Waals surface area contributed by atoms with Crippen LogP contribution in [0.4, 0.5) is 5.82 Å². The molecule has 2 aliphatic rings. The Balaban J connectivity index is 1.68. The average molecular weight is 314 g/mol. The topological polar surface area (TPSA) is 24.9 Å². The quantitative estimate of drug-likeness (QED) is 0.848. The molecule has 0 radical (unpaired) electrons. The van der Waals surface area contributed by atoms with E-state index in [-0.39, 0.29) is 0 Å². The van der Waals surface area contributed by atoms with E-state index in [1.165, 1.54) is 29.3 Å². The maximum atomic E-state index is 4.41. The fraction of sp³-hybridized carbons (Fsp3) is 0.583. The molecule has 2 bridgehead atoms. The van der Waals surface area contributed by atoms with Crippen molar-refractivity contribution in [1.82, 2.24) is 4.98 Å². The average Bonchev–Trinajstić information content (AvgIpc) is 2.83. The molecule has 0 spiro atoms. The molecule has 3 unspecified atom stereocenters. The second kappa shape index (κ2) is 3.92.